The average Bonchev–Trinajstić information content (AvgIpc) is 1.95. The third kappa shape index (κ3) is 1.03. The Morgan fingerprint density at radius 3 is 2.80 bits per heavy atom. The molecule has 0 bridgehead atoms. The topological polar surface area (TPSA) is 41.9 Å². The molecule has 0 saturated heterocycles. The van der Waals surface area contributed by atoms with Crippen molar-refractivity contribution in [1.82, 2.24) is 4.57 Å². The van der Waals surface area contributed by atoms with Crippen LogP contribution >= 0.6 is 0 Å². The van der Waals surface area contributed by atoms with Gasteiger partial charge in [0.15, 0.2) is 0 Å². The second-order valence-electron chi connectivity index (χ2n) is 1.96. The summed E-state index contributed by atoms with van der Waals surface area (Å²) in [6.07, 6.45) is 1.60. The van der Waals surface area contributed by atoms with Crippen molar-refractivity contribution < 1.29 is 5.11 Å². The first-order valence-electron chi connectivity index (χ1n) is 3.12. The molecule has 0 aromatic carbocycles. The number of aromatic nitrogens is 1. The molecule has 0 aliphatic rings. The number of hydrogen-bond acceptors (Lipinski definition) is 1. The van der Waals surface area contributed by atoms with E-state index in [0.717, 1.165) is 0 Å². The first kappa shape index (κ1) is 6.86. The zero-order valence-electron chi connectivity index (χ0n) is 5.70. The summed E-state index contributed by atoms with van der Waals surface area (Å²) < 4.78 is 1.38. The molecule has 0 N–H and O–H groups in total. The maximum atomic E-state index is 10.9. The van der Waals surface area contributed by atoms with Crippen molar-refractivity contribution in [2.24, 2.45) is 0 Å². The summed E-state index contributed by atoms with van der Waals surface area (Å²) in [5.74, 6) is -0.440. The standard InChI is InChI=1S/C7H8NO2/c1-2-8-5-3-4-6(9)7(8)10/h3-5H,2H2,1H3. The van der Waals surface area contributed by atoms with Gasteiger partial charge in [0.05, 0.1) is 0 Å². The Hall–Kier alpha value is -1.25. The van der Waals surface area contributed by atoms with E-state index >= 15 is 0 Å². The molecule has 1 radical (unpaired) electrons. The Kier molecular flexibility index (Phi) is 1.76. The Bertz CT molecular complexity index is 277. The van der Waals surface area contributed by atoms with Gasteiger partial charge in [0.1, 0.15) is 0 Å². The van der Waals surface area contributed by atoms with Gasteiger partial charge >= 0.3 is 0 Å². The second-order valence-corrected chi connectivity index (χ2v) is 1.96. The van der Waals surface area contributed by atoms with Crippen molar-refractivity contribution in [1.29, 1.82) is 0 Å². The normalized spacial score (nSPS) is 9.70. The number of hydrogen-bond donors (Lipinski definition) is 0. The van der Waals surface area contributed by atoms with E-state index < -0.39 is 11.3 Å². The molecule has 0 aliphatic carbocycles. The van der Waals surface area contributed by atoms with Crippen molar-refractivity contribution in [3.63, 3.8) is 0 Å². The molecule has 1 aromatic rings. The highest BCUT2D eigenvalue weighted by Gasteiger charge is 1.98. The summed E-state index contributed by atoms with van der Waals surface area (Å²) >= 11 is 0. The lowest BCUT2D eigenvalue weighted by Gasteiger charge is -1.97. The van der Waals surface area contributed by atoms with E-state index in [0.29, 0.717) is 6.54 Å². The third-order valence-corrected chi connectivity index (χ3v) is 1.33. The van der Waals surface area contributed by atoms with Crippen LogP contribution in [0, 0.1) is 0 Å². The molecular formula is C7H8NO2. The van der Waals surface area contributed by atoms with Crippen molar-refractivity contribution in [2.45, 2.75) is 13.5 Å². The summed E-state index contributed by atoms with van der Waals surface area (Å²) in [6, 6.07) is 2.85. The Labute approximate surface area is 58.5 Å². The van der Waals surface area contributed by atoms with Crippen LogP contribution in [0.2, 0.25) is 0 Å². The SMILES string of the molecule is CCn1cccc([O])c1=O. The van der Waals surface area contributed by atoms with Gasteiger partial charge in [-0.15, -0.1) is 0 Å². The van der Waals surface area contributed by atoms with Crippen LogP contribution in [0.5, 0.6) is 5.75 Å². The van der Waals surface area contributed by atoms with Crippen LogP contribution in [0.1, 0.15) is 6.92 Å². The van der Waals surface area contributed by atoms with E-state index in [1.807, 2.05) is 6.92 Å². The fourth-order valence-electron chi connectivity index (χ4n) is 0.764. The molecule has 0 spiro atoms. The van der Waals surface area contributed by atoms with Gasteiger partial charge in [-0.1, -0.05) is 0 Å². The van der Waals surface area contributed by atoms with Gasteiger partial charge in [-0.3, -0.25) is 9.90 Å². The monoisotopic (exact) mass is 138 g/mol. The summed E-state index contributed by atoms with van der Waals surface area (Å²) in [5, 5.41) is 10.7. The maximum absolute atomic E-state index is 10.9. The molecule has 0 saturated carbocycles. The van der Waals surface area contributed by atoms with Crippen LogP contribution in [0.3, 0.4) is 0 Å². The number of aryl methyl sites for hydroxylation is 1. The van der Waals surface area contributed by atoms with Crippen LogP contribution in [-0.4, -0.2) is 4.57 Å². The zero-order valence-corrected chi connectivity index (χ0v) is 5.70. The Morgan fingerprint density at radius 1 is 1.60 bits per heavy atom. The summed E-state index contributed by atoms with van der Waals surface area (Å²) in [4.78, 5) is 10.9. The van der Waals surface area contributed by atoms with Gasteiger partial charge < -0.3 is 4.57 Å². The number of nitrogens with zero attached hydrogens (tertiary/aromatic N) is 1. The van der Waals surface area contributed by atoms with Crippen LogP contribution < -0.4 is 5.56 Å². The van der Waals surface area contributed by atoms with Gasteiger partial charge in [0.25, 0.3) is 5.56 Å². The second kappa shape index (κ2) is 2.56. The van der Waals surface area contributed by atoms with E-state index in [-0.39, 0.29) is 0 Å². The molecule has 1 heterocycles. The summed E-state index contributed by atoms with van der Waals surface area (Å²) in [7, 11) is 0. The lowest BCUT2D eigenvalue weighted by Crippen LogP contribution is -2.16. The average molecular weight is 138 g/mol. The molecular weight excluding hydrogens is 130 g/mol. The smallest absolute Gasteiger partial charge is 0.298 e. The number of rotatable bonds is 1. The molecule has 0 aliphatic heterocycles. The van der Waals surface area contributed by atoms with Crippen LogP contribution in [-0.2, 0) is 11.7 Å². The third-order valence-electron chi connectivity index (χ3n) is 1.33. The van der Waals surface area contributed by atoms with Crippen LogP contribution in [0.25, 0.3) is 0 Å². The van der Waals surface area contributed by atoms with Crippen molar-refractivity contribution >= 4 is 0 Å². The lowest BCUT2D eigenvalue weighted by atomic mass is 10.4. The minimum atomic E-state index is -0.440. The van der Waals surface area contributed by atoms with E-state index in [9.17, 15) is 9.90 Å². The van der Waals surface area contributed by atoms with Crippen molar-refractivity contribution in [3.8, 4) is 5.75 Å². The van der Waals surface area contributed by atoms with Gasteiger partial charge in [-0.25, -0.2) is 0 Å². The van der Waals surface area contributed by atoms with Crippen molar-refractivity contribution in [3.05, 3.63) is 28.7 Å². The Morgan fingerprint density at radius 2 is 2.30 bits per heavy atom. The van der Waals surface area contributed by atoms with E-state index in [1.54, 1.807) is 12.3 Å². The predicted octanol–water partition coefficient (Wildman–Crippen LogP) is 1.01. The summed E-state index contributed by atoms with van der Waals surface area (Å²) in [6.45, 7) is 2.37. The van der Waals surface area contributed by atoms with Gasteiger partial charge in [0.2, 0.25) is 5.75 Å². The maximum Gasteiger partial charge on any atom is 0.298 e. The molecule has 1 aromatic heterocycles. The fourth-order valence-corrected chi connectivity index (χ4v) is 0.764. The fraction of sp³-hybridized carbons (Fsp3) is 0.286. The van der Waals surface area contributed by atoms with E-state index in [1.165, 1.54) is 10.6 Å². The van der Waals surface area contributed by atoms with Crippen LogP contribution in [0.4, 0.5) is 0 Å². The first-order valence-corrected chi connectivity index (χ1v) is 3.12. The van der Waals surface area contributed by atoms with E-state index in [4.69, 9.17) is 0 Å². The lowest BCUT2D eigenvalue weighted by molar-refractivity contribution is 0.344. The minimum Gasteiger partial charge on any atom is -0.312 e. The largest absolute Gasteiger partial charge is 0.312 e. The summed E-state index contributed by atoms with van der Waals surface area (Å²) in [5.41, 5.74) is -0.440. The number of pyridine rings is 1. The predicted molar refractivity (Wildman–Crippen MR) is 36.5 cm³/mol. The van der Waals surface area contributed by atoms with Gasteiger partial charge in [0, 0.05) is 12.7 Å². The quantitative estimate of drug-likeness (QED) is 0.571. The van der Waals surface area contributed by atoms with Crippen LogP contribution in [0.15, 0.2) is 23.1 Å². The highest BCUT2D eigenvalue weighted by molar-refractivity contribution is 5.14. The highest BCUT2D eigenvalue weighted by atomic mass is 16.3. The molecule has 3 nitrogen and oxygen atoms in total. The van der Waals surface area contributed by atoms with E-state index in [2.05, 4.69) is 0 Å². The highest BCUT2D eigenvalue weighted by Crippen LogP contribution is 1.97. The van der Waals surface area contributed by atoms with Gasteiger partial charge in [-0.2, -0.15) is 0 Å². The van der Waals surface area contributed by atoms with Gasteiger partial charge in [-0.05, 0) is 19.1 Å². The molecule has 0 amide bonds. The Balaban J connectivity index is 3.28. The molecule has 3 heteroatoms. The molecule has 1 rings (SSSR count). The first-order chi connectivity index (χ1) is 4.75. The molecule has 0 fully saturated rings. The minimum absolute atomic E-state index is 0.440. The molecule has 53 valence electrons. The molecule has 0 atom stereocenters. The van der Waals surface area contributed by atoms with Crippen molar-refractivity contribution in [2.75, 3.05) is 0 Å². The zero-order chi connectivity index (χ0) is 7.56. The molecule has 0 unspecified atom stereocenters. The molecule has 10 heavy (non-hydrogen) atoms.